The van der Waals surface area contributed by atoms with Crippen LogP contribution in [0.2, 0.25) is 0 Å². The average Bonchev–Trinajstić information content (AvgIpc) is 2.14. The Kier molecular flexibility index (Phi) is 4.03. The Morgan fingerprint density at radius 3 is 2.80 bits per heavy atom. The van der Waals surface area contributed by atoms with Gasteiger partial charge in [-0.05, 0) is 38.5 Å². The van der Waals surface area contributed by atoms with Crippen molar-refractivity contribution in [2.24, 2.45) is 4.99 Å². The number of esters is 1. The monoisotopic (exact) mass is 205 g/mol. The number of hydrogen-bond acceptors (Lipinski definition) is 3. The van der Waals surface area contributed by atoms with Crippen molar-refractivity contribution in [3.63, 3.8) is 0 Å². The predicted octanol–water partition coefficient (Wildman–Crippen LogP) is 2.65. The molecule has 80 valence electrons. The van der Waals surface area contributed by atoms with Gasteiger partial charge >= 0.3 is 5.97 Å². The van der Waals surface area contributed by atoms with Gasteiger partial charge in [0.25, 0.3) is 0 Å². The number of nitrogens with zero attached hydrogens (tertiary/aromatic N) is 1. The van der Waals surface area contributed by atoms with Crippen LogP contribution >= 0.6 is 0 Å². The van der Waals surface area contributed by atoms with Crippen LogP contribution in [-0.2, 0) is 9.53 Å². The van der Waals surface area contributed by atoms with Crippen LogP contribution in [0.3, 0.4) is 0 Å². The molecule has 0 bridgehead atoms. The number of carbonyl (C=O) groups excluding carboxylic acids is 1. The third kappa shape index (κ3) is 4.40. The van der Waals surface area contributed by atoms with Gasteiger partial charge in [0.1, 0.15) is 6.21 Å². The molecule has 3 heteroatoms. The molecule has 1 rings (SSSR count). The Morgan fingerprint density at radius 2 is 2.20 bits per heavy atom. The minimum atomic E-state index is -0.411. The number of carbonyl (C=O) groups is 1. The van der Waals surface area contributed by atoms with Crippen molar-refractivity contribution >= 4 is 17.9 Å². The first kappa shape index (κ1) is 11.4. The molecule has 0 aliphatic heterocycles. The number of aliphatic imine (C=N–C) groups is 1. The van der Waals surface area contributed by atoms with Crippen molar-refractivity contribution < 1.29 is 9.53 Å². The lowest BCUT2D eigenvalue weighted by Crippen LogP contribution is -2.11. The van der Waals surface area contributed by atoms with Gasteiger partial charge in [0.15, 0.2) is 0 Å². The van der Waals surface area contributed by atoms with E-state index in [4.69, 9.17) is 4.74 Å². The molecule has 0 atom stereocenters. The standard InChI is InChI=1S/C12H15NO2/c1-9(2)15-12(14)8-13-11-6-4-5-10(3)7-11/h4-9H,1-3H3. The fraction of sp³-hybridized carbons (Fsp3) is 0.333. The molecule has 0 unspecified atom stereocenters. The molecule has 0 aromatic heterocycles. The molecule has 0 saturated heterocycles. The molecule has 0 radical (unpaired) electrons. The first-order valence-electron chi connectivity index (χ1n) is 4.89. The van der Waals surface area contributed by atoms with E-state index in [1.165, 1.54) is 6.21 Å². The average molecular weight is 205 g/mol. The number of ether oxygens (including phenoxy) is 1. The molecule has 0 spiro atoms. The predicted molar refractivity (Wildman–Crippen MR) is 60.6 cm³/mol. The maximum absolute atomic E-state index is 11.1. The number of benzene rings is 1. The minimum Gasteiger partial charge on any atom is -0.459 e. The lowest BCUT2D eigenvalue weighted by atomic mass is 10.2. The van der Waals surface area contributed by atoms with Crippen molar-refractivity contribution in [2.45, 2.75) is 26.9 Å². The second-order valence-corrected chi connectivity index (χ2v) is 3.58. The van der Waals surface area contributed by atoms with Gasteiger partial charge in [-0.3, -0.25) is 0 Å². The molecule has 0 fully saturated rings. The zero-order valence-corrected chi connectivity index (χ0v) is 9.23. The topological polar surface area (TPSA) is 38.7 Å². The highest BCUT2D eigenvalue weighted by atomic mass is 16.5. The SMILES string of the molecule is Cc1cccc(N=CC(=O)OC(C)C)c1. The summed E-state index contributed by atoms with van der Waals surface area (Å²) in [6.45, 7) is 5.59. The molecular weight excluding hydrogens is 190 g/mol. The zero-order valence-electron chi connectivity index (χ0n) is 9.23. The van der Waals surface area contributed by atoms with Gasteiger partial charge in [-0.1, -0.05) is 12.1 Å². The second kappa shape index (κ2) is 5.29. The van der Waals surface area contributed by atoms with Crippen LogP contribution in [0.25, 0.3) is 0 Å². The van der Waals surface area contributed by atoms with Crippen LogP contribution in [0, 0.1) is 6.92 Å². The Morgan fingerprint density at radius 1 is 1.47 bits per heavy atom. The van der Waals surface area contributed by atoms with Crippen molar-refractivity contribution in [1.29, 1.82) is 0 Å². The molecule has 3 nitrogen and oxygen atoms in total. The van der Waals surface area contributed by atoms with Crippen LogP contribution < -0.4 is 0 Å². The highest BCUT2D eigenvalue weighted by molar-refractivity contribution is 6.23. The maximum atomic E-state index is 11.1. The molecule has 15 heavy (non-hydrogen) atoms. The van der Waals surface area contributed by atoms with Gasteiger partial charge in [-0.2, -0.15) is 0 Å². The molecule has 0 aliphatic carbocycles. The third-order valence-electron chi connectivity index (χ3n) is 1.67. The zero-order chi connectivity index (χ0) is 11.3. The van der Waals surface area contributed by atoms with Crippen LogP contribution in [0.5, 0.6) is 0 Å². The molecule has 0 saturated carbocycles. The van der Waals surface area contributed by atoms with Gasteiger partial charge in [0.2, 0.25) is 0 Å². The smallest absolute Gasteiger partial charge is 0.349 e. The molecule has 1 aromatic carbocycles. The van der Waals surface area contributed by atoms with Gasteiger partial charge in [0.05, 0.1) is 11.8 Å². The third-order valence-corrected chi connectivity index (χ3v) is 1.67. The first-order valence-corrected chi connectivity index (χ1v) is 4.89. The summed E-state index contributed by atoms with van der Waals surface area (Å²) in [5, 5.41) is 0. The van der Waals surface area contributed by atoms with E-state index in [-0.39, 0.29) is 6.10 Å². The fourth-order valence-electron chi connectivity index (χ4n) is 1.10. The Bertz CT molecular complexity index is 370. The lowest BCUT2D eigenvalue weighted by molar-refractivity contribution is -0.138. The molecule has 0 heterocycles. The van der Waals surface area contributed by atoms with E-state index in [2.05, 4.69) is 4.99 Å². The van der Waals surface area contributed by atoms with Gasteiger partial charge in [0, 0.05) is 0 Å². The molecule has 1 aromatic rings. The second-order valence-electron chi connectivity index (χ2n) is 3.58. The summed E-state index contributed by atoms with van der Waals surface area (Å²) in [4.78, 5) is 15.2. The van der Waals surface area contributed by atoms with E-state index in [9.17, 15) is 4.79 Å². The summed E-state index contributed by atoms with van der Waals surface area (Å²) in [6, 6.07) is 7.62. The van der Waals surface area contributed by atoms with Crippen molar-refractivity contribution in [2.75, 3.05) is 0 Å². The minimum absolute atomic E-state index is 0.110. The van der Waals surface area contributed by atoms with Gasteiger partial charge in [-0.25, -0.2) is 9.79 Å². The van der Waals surface area contributed by atoms with Crippen molar-refractivity contribution in [3.8, 4) is 0 Å². The van der Waals surface area contributed by atoms with Crippen molar-refractivity contribution in [1.82, 2.24) is 0 Å². The van der Waals surface area contributed by atoms with E-state index in [0.717, 1.165) is 11.3 Å². The summed E-state index contributed by atoms with van der Waals surface area (Å²) in [5.74, 6) is -0.411. The Hall–Kier alpha value is -1.64. The number of aryl methyl sites for hydroxylation is 1. The van der Waals surface area contributed by atoms with Crippen LogP contribution in [0.1, 0.15) is 19.4 Å². The summed E-state index contributed by atoms with van der Waals surface area (Å²) in [5.41, 5.74) is 1.87. The normalized spacial score (nSPS) is 10.9. The summed E-state index contributed by atoms with van der Waals surface area (Å²) < 4.78 is 4.91. The molecule has 0 aliphatic rings. The number of rotatable bonds is 3. The summed E-state index contributed by atoms with van der Waals surface area (Å²) in [6.07, 6.45) is 1.09. The molecular formula is C12H15NO2. The quantitative estimate of drug-likeness (QED) is 0.562. The Labute approximate surface area is 89.8 Å². The van der Waals surface area contributed by atoms with E-state index in [1.807, 2.05) is 31.2 Å². The lowest BCUT2D eigenvalue weighted by Gasteiger charge is -2.03. The van der Waals surface area contributed by atoms with E-state index < -0.39 is 5.97 Å². The molecule has 0 N–H and O–H groups in total. The van der Waals surface area contributed by atoms with Gasteiger partial charge in [-0.15, -0.1) is 0 Å². The first-order chi connectivity index (χ1) is 7.08. The summed E-state index contributed by atoms with van der Waals surface area (Å²) >= 11 is 0. The van der Waals surface area contributed by atoms with Crippen molar-refractivity contribution in [3.05, 3.63) is 29.8 Å². The Balaban J connectivity index is 2.61. The van der Waals surface area contributed by atoms with Crippen LogP contribution in [0.4, 0.5) is 5.69 Å². The van der Waals surface area contributed by atoms with Crippen LogP contribution in [-0.4, -0.2) is 18.3 Å². The number of hydrogen-bond donors (Lipinski definition) is 0. The largest absolute Gasteiger partial charge is 0.459 e. The molecule has 0 amide bonds. The summed E-state index contributed by atoms with van der Waals surface area (Å²) in [7, 11) is 0. The van der Waals surface area contributed by atoms with Gasteiger partial charge < -0.3 is 4.74 Å². The maximum Gasteiger partial charge on any atom is 0.349 e. The van der Waals surface area contributed by atoms with E-state index >= 15 is 0 Å². The highest BCUT2D eigenvalue weighted by Crippen LogP contribution is 2.12. The van der Waals surface area contributed by atoms with E-state index in [0.29, 0.717) is 0 Å². The fourth-order valence-corrected chi connectivity index (χ4v) is 1.10. The van der Waals surface area contributed by atoms with Crippen LogP contribution in [0.15, 0.2) is 29.3 Å². The highest BCUT2D eigenvalue weighted by Gasteiger charge is 2.00. The van der Waals surface area contributed by atoms with E-state index in [1.54, 1.807) is 13.8 Å².